The number of nitrogens with zero attached hydrogens (tertiary/aromatic N) is 1. The molecule has 5 fully saturated rings. The lowest BCUT2D eigenvalue weighted by Crippen LogP contribution is -2.51. The lowest BCUT2D eigenvalue weighted by atomic mass is 9.54. The van der Waals surface area contributed by atoms with Gasteiger partial charge in [0.2, 0.25) is 5.91 Å². The number of anilines is 2. The fraction of sp³-hybridized carbons (Fsp3) is 0.515. The fourth-order valence-corrected chi connectivity index (χ4v) is 8.29. The van der Waals surface area contributed by atoms with Crippen molar-refractivity contribution in [1.82, 2.24) is 9.97 Å². The molecule has 0 unspecified atom stereocenters. The first-order valence-corrected chi connectivity index (χ1v) is 15.0. The summed E-state index contributed by atoms with van der Waals surface area (Å²) in [5.41, 5.74) is 5.33. The normalized spacial score (nSPS) is 28.7. The molecule has 8 rings (SSSR count). The number of amides is 1. The number of nitrogens with one attached hydrogen (secondary N) is 3. The average molecular weight is 509 g/mol. The SMILES string of the molecule is O=C(Nc1ccc(-c2ncc(-c3ccccc3NC3C4CC5CC(C4)CC3C5)[nH]2)cc1)C1CCCCCC1. The van der Waals surface area contributed by atoms with Gasteiger partial charge in [0.1, 0.15) is 5.82 Å². The Morgan fingerprint density at radius 2 is 1.50 bits per heavy atom. The van der Waals surface area contributed by atoms with Crippen molar-refractivity contribution in [2.75, 3.05) is 10.6 Å². The second-order valence-corrected chi connectivity index (χ2v) is 12.5. The summed E-state index contributed by atoms with van der Waals surface area (Å²) in [6.07, 6.45) is 16.0. The van der Waals surface area contributed by atoms with Gasteiger partial charge in [-0.15, -0.1) is 0 Å². The molecule has 0 spiro atoms. The standard InChI is InChI=1S/C33H40N4O/c38-33(24-7-3-1-2-4-8-24)35-27-13-11-23(12-14-27)32-34-20-30(37-32)28-9-5-6-10-29(28)36-31-25-16-21-15-22(18-25)19-26(31)17-21/h5-6,9-14,20-22,24-26,31,36H,1-4,7-8,15-19H2,(H,34,37)(H,35,38). The number of aromatic nitrogens is 2. The van der Waals surface area contributed by atoms with E-state index in [1.165, 1.54) is 69.0 Å². The number of rotatable bonds is 6. The molecule has 0 saturated heterocycles. The van der Waals surface area contributed by atoms with Crippen molar-refractivity contribution < 1.29 is 4.79 Å². The number of benzene rings is 2. The van der Waals surface area contributed by atoms with Crippen LogP contribution in [0.25, 0.3) is 22.6 Å². The molecule has 1 amide bonds. The minimum Gasteiger partial charge on any atom is -0.381 e. The van der Waals surface area contributed by atoms with E-state index in [-0.39, 0.29) is 11.8 Å². The van der Waals surface area contributed by atoms with Gasteiger partial charge in [0.25, 0.3) is 0 Å². The van der Waals surface area contributed by atoms with Crippen molar-refractivity contribution >= 4 is 17.3 Å². The van der Waals surface area contributed by atoms with Gasteiger partial charge in [-0.05, 0) is 98.9 Å². The van der Waals surface area contributed by atoms with E-state index in [0.717, 1.165) is 59.3 Å². The quantitative estimate of drug-likeness (QED) is 0.297. The second kappa shape index (κ2) is 10.2. The van der Waals surface area contributed by atoms with Crippen molar-refractivity contribution in [3.8, 4) is 22.6 Å². The van der Waals surface area contributed by atoms with Crippen LogP contribution < -0.4 is 10.6 Å². The molecular weight excluding hydrogens is 468 g/mol. The van der Waals surface area contributed by atoms with Gasteiger partial charge in [0.05, 0.1) is 11.9 Å². The lowest BCUT2D eigenvalue weighted by Gasteiger charge is -2.54. The summed E-state index contributed by atoms with van der Waals surface area (Å²) < 4.78 is 0. The maximum atomic E-state index is 12.8. The summed E-state index contributed by atoms with van der Waals surface area (Å²) in [5.74, 6) is 4.80. The minimum absolute atomic E-state index is 0.150. The molecule has 5 aliphatic carbocycles. The van der Waals surface area contributed by atoms with Crippen LogP contribution in [0.2, 0.25) is 0 Å². The van der Waals surface area contributed by atoms with E-state index in [1.807, 2.05) is 30.5 Å². The topological polar surface area (TPSA) is 69.8 Å². The highest BCUT2D eigenvalue weighted by atomic mass is 16.1. The summed E-state index contributed by atoms with van der Waals surface area (Å²) in [6.45, 7) is 0. The predicted molar refractivity (Wildman–Crippen MR) is 154 cm³/mol. The van der Waals surface area contributed by atoms with Gasteiger partial charge in [-0.25, -0.2) is 4.98 Å². The van der Waals surface area contributed by atoms with Gasteiger partial charge >= 0.3 is 0 Å². The van der Waals surface area contributed by atoms with E-state index >= 15 is 0 Å². The number of aromatic amines is 1. The van der Waals surface area contributed by atoms with Crippen molar-refractivity contribution in [2.24, 2.45) is 29.6 Å². The van der Waals surface area contributed by atoms with Crippen LogP contribution in [-0.2, 0) is 4.79 Å². The molecule has 1 heterocycles. The smallest absolute Gasteiger partial charge is 0.227 e. The lowest BCUT2D eigenvalue weighted by molar-refractivity contribution is -0.120. The summed E-state index contributed by atoms with van der Waals surface area (Å²) in [4.78, 5) is 21.1. The van der Waals surface area contributed by atoms with E-state index < -0.39 is 0 Å². The van der Waals surface area contributed by atoms with Gasteiger partial charge in [-0.2, -0.15) is 0 Å². The number of carbonyl (C=O) groups is 1. The Morgan fingerprint density at radius 3 is 2.21 bits per heavy atom. The molecule has 198 valence electrons. The first-order valence-electron chi connectivity index (χ1n) is 15.0. The number of carbonyl (C=O) groups excluding carboxylic acids is 1. The molecule has 2 aromatic carbocycles. The first kappa shape index (κ1) is 24.0. The van der Waals surface area contributed by atoms with Crippen LogP contribution >= 0.6 is 0 Å². The monoisotopic (exact) mass is 508 g/mol. The first-order chi connectivity index (χ1) is 18.7. The van der Waals surface area contributed by atoms with Crippen molar-refractivity contribution in [3.63, 3.8) is 0 Å². The summed E-state index contributed by atoms with van der Waals surface area (Å²) in [5, 5.41) is 7.15. The highest BCUT2D eigenvalue weighted by Crippen LogP contribution is 2.54. The highest BCUT2D eigenvalue weighted by Gasteiger charge is 2.48. The number of hydrogen-bond donors (Lipinski definition) is 3. The van der Waals surface area contributed by atoms with Crippen LogP contribution in [0.15, 0.2) is 54.7 Å². The van der Waals surface area contributed by atoms with Gasteiger partial charge in [-0.3, -0.25) is 4.79 Å². The van der Waals surface area contributed by atoms with Gasteiger partial charge < -0.3 is 15.6 Å². The Bertz CT molecular complexity index is 1240. The Kier molecular flexibility index (Phi) is 6.46. The zero-order valence-corrected chi connectivity index (χ0v) is 22.3. The highest BCUT2D eigenvalue weighted by molar-refractivity contribution is 5.92. The van der Waals surface area contributed by atoms with E-state index in [4.69, 9.17) is 4.98 Å². The van der Waals surface area contributed by atoms with Crippen LogP contribution in [0.4, 0.5) is 11.4 Å². The third-order valence-corrected chi connectivity index (χ3v) is 9.99. The summed E-state index contributed by atoms with van der Waals surface area (Å²) in [6, 6.07) is 17.4. The van der Waals surface area contributed by atoms with E-state index in [0.29, 0.717) is 6.04 Å². The molecule has 5 aliphatic rings. The average Bonchev–Trinajstić information content (AvgIpc) is 3.25. The summed E-state index contributed by atoms with van der Waals surface area (Å²) in [7, 11) is 0. The van der Waals surface area contributed by atoms with Crippen LogP contribution in [0.1, 0.15) is 70.6 Å². The van der Waals surface area contributed by atoms with Crippen molar-refractivity contribution in [1.29, 1.82) is 0 Å². The van der Waals surface area contributed by atoms with E-state index in [1.54, 1.807) is 0 Å². The van der Waals surface area contributed by atoms with Crippen molar-refractivity contribution in [3.05, 3.63) is 54.7 Å². The van der Waals surface area contributed by atoms with Crippen molar-refractivity contribution in [2.45, 2.75) is 76.7 Å². The van der Waals surface area contributed by atoms with Crippen LogP contribution in [0, 0.1) is 29.6 Å². The number of hydrogen-bond acceptors (Lipinski definition) is 3. The van der Waals surface area contributed by atoms with Crippen LogP contribution in [0.5, 0.6) is 0 Å². The van der Waals surface area contributed by atoms with Gasteiger partial charge in [-0.1, -0.05) is 43.9 Å². The molecule has 0 aliphatic heterocycles. The molecule has 3 N–H and O–H groups in total. The zero-order valence-electron chi connectivity index (χ0n) is 22.3. The molecular formula is C33H40N4O. The molecule has 3 aromatic rings. The molecule has 0 atom stereocenters. The van der Waals surface area contributed by atoms with E-state index in [2.05, 4.69) is 39.9 Å². The van der Waals surface area contributed by atoms with E-state index in [9.17, 15) is 4.79 Å². The van der Waals surface area contributed by atoms with Crippen LogP contribution in [-0.4, -0.2) is 21.9 Å². The van der Waals surface area contributed by atoms with Gasteiger partial charge in [0.15, 0.2) is 0 Å². The molecule has 5 nitrogen and oxygen atoms in total. The number of imidazole rings is 1. The summed E-state index contributed by atoms with van der Waals surface area (Å²) >= 11 is 0. The second-order valence-electron chi connectivity index (χ2n) is 12.5. The molecule has 0 radical (unpaired) electrons. The Morgan fingerprint density at radius 1 is 0.816 bits per heavy atom. The third kappa shape index (κ3) is 4.76. The molecule has 1 aromatic heterocycles. The Balaban J connectivity index is 1.05. The largest absolute Gasteiger partial charge is 0.381 e. The molecule has 38 heavy (non-hydrogen) atoms. The molecule has 5 heteroatoms. The predicted octanol–water partition coefficient (Wildman–Crippen LogP) is 7.89. The molecule has 5 saturated carbocycles. The van der Waals surface area contributed by atoms with Gasteiger partial charge in [0, 0.05) is 34.5 Å². The maximum absolute atomic E-state index is 12.8. The fourth-order valence-electron chi connectivity index (χ4n) is 8.29. The maximum Gasteiger partial charge on any atom is 0.227 e. The van der Waals surface area contributed by atoms with Crippen LogP contribution in [0.3, 0.4) is 0 Å². The number of para-hydroxylation sites is 1. The Hall–Kier alpha value is -3.08. The third-order valence-electron chi connectivity index (χ3n) is 9.99. The Labute approximate surface area is 226 Å². The molecule has 4 bridgehead atoms. The number of H-pyrrole nitrogens is 1. The minimum atomic E-state index is 0.150. The zero-order chi connectivity index (χ0) is 25.5.